The lowest BCUT2D eigenvalue weighted by molar-refractivity contribution is -0.136. The highest BCUT2D eigenvalue weighted by Crippen LogP contribution is 2.45. The zero-order chi connectivity index (χ0) is 12.2. The van der Waals surface area contributed by atoms with Crippen molar-refractivity contribution < 1.29 is 17.6 Å². The van der Waals surface area contributed by atoms with Gasteiger partial charge >= 0.3 is 6.18 Å². The largest absolute Gasteiger partial charge is 0.462 e. The minimum Gasteiger partial charge on any atom is -0.462 e. The Morgan fingerprint density at radius 2 is 1.94 bits per heavy atom. The normalized spacial score (nSPS) is 16.7. The maximum absolute atomic E-state index is 12.9. The molecule has 17 heavy (non-hydrogen) atoms. The van der Waals surface area contributed by atoms with Gasteiger partial charge in [-0.05, 0) is 52.4 Å². The van der Waals surface area contributed by atoms with Crippen molar-refractivity contribution in [3.63, 3.8) is 0 Å². The summed E-state index contributed by atoms with van der Waals surface area (Å²) in [5, 5.41) is 0.502. The van der Waals surface area contributed by atoms with Gasteiger partial charge in [0, 0.05) is 5.39 Å². The molecule has 1 nitrogen and oxygen atoms in total. The van der Waals surface area contributed by atoms with Gasteiger partial charge in [-0.15, -0.1) is 0 Å². The third-order valence-corrected chi connectivity index (χ3v) is 3.62. The van der Waals surface area contributed by atoms with E-state index in [4.69, 9.17) is 4.42 Å². The average molecular weight is 305 g/mol. The van der Waals surface area contributed by atoms with Crippen LogP contribution in [0.5, 0.6) is 0 Å². The molecule has 3 rings (SSSR count). The van der Waals surface area contributed by atoms with Crippen LogP contribution in [0.2, 0.25) is 0 Å². The Morgan fingerprint density at radius 3 is 2.53 bits per heavy atom. The Morgan fingerprint density at radius 1 is 1.24 bits per heavy atom. The van der Waals surface area contributed by atoms with Crippen LogP contribution in [0.4, 0.5) is 13.2 Å². The summed E-state index contributed by atoms with van der Waals surface area (Å²) in [6.07, 6.45) is -1.13. The van der Waals surface area contributed by atoms with Crippen LogP contribution in [0.15, 0.2) is 27.3 Å². The Labute approximate surface area is 104 Å². The van der Waals surface area contributed by atoms with Gasteiger partial charge in [0.15, 0.2) is 0 Å². The van der Waals surface area contributed by atoms with E-state index in [0.717, 1.165) is 18.4 Å². The number of hydrogen-bond donors (Lipinski definition) is 0. The van der Waals surface area contributed by atoms with Crippen molar-refractivity contribution in [2.24, 2.45) is 0 Å². The van der Waals surface area contributed by atoms with Gasteiger partial charge in [-0.2, -0.15) is 13.2 Å². The second-order valence-electron chi connectivity index (χ2n) is 4.30. The van der Waals surface area contributed by atoms with Crippen molar-refractivity contribution in [1.29, 1.82) is 0 Å². The molecule has 0 saturated heterocycles. The van der Waals surface area contributed by atoms with Gasteiger partial charge in [-0.25, -0.2) is 0 Å². The molecule has 0 bridgehead atoms. The fourth-order valence-corrected chi connectivity index (χ4v) is 2.38. The monoisotopic (exact) mass is 304 g/mol. The van der Waals surface area contributed by atoms with Crippen LogP contribution >= 0.6 is 15.9 Å². The summed E-state index contributed by atoms with van der Waals surface area (Å²) < 4.78 is 44.3. The van der Waals surface area contributed by atoms with Crippen molar-refractivity contribution >= 4 is 26.9 Å². The smallest absolute Gasteiger partial charge is 0.420 e. The van der Waals surface area contributed by atoms with Gasteiger partial charge < -0.3 is 4.42 Å². The minimum absolute atomic E-state index is 0.0891. The summed E-state index contributed by atoms with van der Waals surface area (Å²) in [6.45, 7) is 0. The lowest BCUT2D eigenvalue weighted by Crippen LogP contribution is -2.06. The number of benzene rings is 1. The van der Waals surface area contributed by atoms with Gasteiger partial charge in [0.2, 0.25) is 0 Å². The second kappa shape index (κ2) is 3.51. The topological polar surface area (TPSA) is 13.1 Å². The fraction of sp³-hybridized carbons (Fsp3) is 0.333. The maximum atomic E-state index is 12.9. The van der Waals surface area contributed by atoms with Crippen LogP contribution in [0.25, 0.3) is 11.0 Å². The fourth-order valence-electron chi connectivity index (χ4n) is 1.99. The second-order valence-corrected chi connectivity index (χ2v) is 5.16. The Hall–Kier alpha value is -0.970. The SMILES string of the molecule is FC(F)(F)c1cc(C2CC2)cc2c(Br)coc12. The van der Waals surface area contributed by atoms with Gasteiger partial charge in [0.05, 0.1) is 10.0 Å². The maximum Gasteiger partial charge on any atom is 0.420 e. The van der Waals surface area contributed by atoms with Crippen molar-refractivity contribution in [2.75, 3.05) is 0 Å². The minimum atomic E-state index is -4.37. The van der Waals surface area contributed by atoms with Gasteiger partial charge in [0.1, 0.15) is 11.8 Å². The molecule has 1 aromatic heterocycles. The molecule has 1 aliphatic carbocycles. The highest BCUT2D eigenvalue weighted by Gasteiger charge is 2.36. The Bertz CT molecular complexity index is 581. The number of rotatable bonds is 1. The van der Waals surface area contributed by atoms with Gasteiger partial charge in [0.25, 0.3) is 0 Å². The summed E-state index contributed by atoms with van der Waals surface area (Å²) >= 11 is 3.21. The standard InChI is InChI=1S/C12H8BrF3O/c13-10-5-17-11-8(10)3-7(6-1-2-6)4-9(11)12(14,15)16/h3-6H,1-2H2. The van der Waals surface area contributed by atoms with Crippen LogP contribution in [0.3, 0.4) is 0 Å². The molecule has 0 radical (unpaired) electrons. The van der Waals surface area contributed by atoms with E-state index in [2.05, 4.69) is 15.9 Å². The predicted octanol–water partition coefficient (Wildman–Crippen LogP) is 5.09. The molecule has 1 heterocycles. The summed E-state index contributed by atoms with van der Waals surface area (Å²) in [7, 11) is 0. The molecule has 0 spiro atoms. The first kappa shape index (κ1) is 11.1. The zero-order valence-corrected chi connectivity index (χ0v) is 10.2. The van der Waals surface area contributed by atoms with E-state index in [0.29, 0.717) is 9.86 Å². The Balaban J connectivity index is 2.30. The summed E-state index contributed by atoms with van der Waals surface area (Å²) in [4.78, 5) is 0. The molecule has 2 aromatic rings. The summed E-state index contributed by atoms with van der Waals surface area (Å²) in [5.41, 5.74) is -0.0108. The van der Waals surface area contributed by atoms with Crippen LogP contribution in [-0.2, 0) is 6.18 Å². The van der Waals surface area contributed by atoms with E-state index < -0.39 is 11.7 Å². The highest BCUT2D eigenvalue weighted by molar-refractivity contribution is 9.10. The van der Waals surface area contributed by atoms with Crippen LogP contribution < -0.4 is 0 Å². The molecule has 1 aromatic carbocycles. The molecule has 0 atom stereocenters. The first-order valence-electron chi connectivity index (χ1n) is 5.24. The zero-order valence-electron chi connectivity index (χ0n) is 8.64. The Kier molecular flexibility index (Phi) is 2.30. The number of fused-ring (bicyclic) bond motifs is 1. The van der Waals surface area contributed by atoms with E-state index >= 15 is 0 Å². The van der Waals surface area contributed by atoms with Gasteiger partial charge in [-0.3, -0.25) is 0 Å². The quantitative estimate of drug-likeness (QED) is 0.715. The van der Waals surface area contributed by atoms with E-state index in [9.17, 15) is 13.2 Å². The summed E-state index contributed by atoms with van der Waals surface area (Å²) in [6, 6.07) is 3.01. The molecule has 0 amide bonds. The molecule has 1 fully saturated rings. The first-order chi connectivity index (χ1) is 7.97. The average Bonchev–Trinajstić information content (AvgIpc) is 3.02. The highest BCUT2D eigenvalue weighted by atomic mass is 79.9. The molecule has 1 saturated carbocycles. The molecular weight excluding hydrogens is 297 g/mol. The van der Waals surface area contributed by atoms with E-state index in [-0.39, 0.29) is 11.5 Å². The van der Waals surface area contributed by atoms with Crippen molar-refractivity contribution in [1.82, 2.24) is 0 Å². The number of furan rings is 1. The molecule has 1 aliphatic rings. The van der Waals surface area contributed by atoms with Crippen molar-refractivity contribution in [3.05, 3.63) is 34.0 Å². The van der Waals surface area contributed by atoms with E-state index in [1.54, 1.807) is 6.07 Å². The van der Waals surface area contributed by atoms with Crippen LogP contribution in [0, 0.1) is 0 Å². The number of hydrogen-bond acceptors (Lipinski definition) is 1. The van der Waals surface area contributed by atoms with Crippen molar-refractivity contribution in [3.8, 4) is 0 Å². The first-order valence-corrected chi connectivity index (χ1v) is 6.04. The third kappa shape index (κ3) is 1.86. The molecule has 0 unspecified atom stereocenters. The summed E-state index contributed by atoms with van der Waals surface area (Å²) in [5.74, 6) is 0.280. The number of alkyl halides is 3. The van der Waals surface area contributed by atoms with E-state index in [1.165, 1.54) is 12.3 Å². The number of halogens is 4. The van der Waals surface area contributed by atoms with E-state index in [1.807, 2.05) is 0 Å². The molecule has 5 heteroatoms. The predicted molar refractivity (Wildman–Crippen MR) is 60.9 cm³/mol. The molecule has 0 N–H and O–H groups in total. The van der Waals surface area contributed by atoms with Crippen LogP contribution in [-0.4, -0.2) is 0 Å². The molecule has 90 valence electrons. The van der Waals surface area contributed by atoms with Gasteiger partial charge in [-0.1, -0.05) is 0 Å². The van der Waals surface area contributed by atoms with Crippen molar-refractivity contribution in [2.45, 2.75) is 24.9 Å². The molecule has 0 aliphatic heterocycles. The molecular formula is C12H8BrF3O. The third-order valence-electron chi connectivity index (χ3n) is 3.00. The lowest BCUT2D eigenvalue weighted by Gasteiger charge is -2.09. The lowest BCUT2D eigenvalue weighted by atomic mass is 10.0. The van der Waals surface area contributed by atoms with Crippen LogP contribution in [0.1, 0.15) is 29.9 Å².